The molecule has 0 atom stereocenters. The lowest BCUT2D eigenvalue weighted by molar-refractivity contribution is -0.0379. The number of anilines is 1. The minimum absolute atomic E-state index is 0.0438. The molecular weight excluding hydrogens is 358 g/mol. The lowest BCUT2D eigenvalue weighted by Gasteiger charge is -2.30. The summed E-state index contributed by atoms with van der Waals surface area (Å²) in [5.74, 6) is 1.81. The largest absolute Gasteiger partial charge is 0.394 e. The van der Waals surface area contributed by atoms with E-state index in [1.807, 2.05) is 0 Å². The highest BCUT2D eigenvalue weighted by Crippen LogP contribution is 2.41. The van der Waals surface area contributed by atoms with Crippen LogP contribution in [0.25, 0.3) is 10.2 Å². The van der Waals surface area contributed by atoms with E-state index in [9.17, 15) is 0 Å². The highest BCUT2D eigenvalue weighted by molar-refractivity contribution is 7.99. The zero-order valence-corrected chi connectivity index (χ0v) is 16.6. The predicted molar refractivity (Wildman–Crippen MR) is 103 cm³/mol. The monoisotopic (exact) mass is 383 g/mol. The summed E-state index contributed by atoms with van der Waals surface area (Å²) in [6, 6.07) is 0. The molecule has 0 amide bonds. The first-order chi connectivity index (χ1) is 12.0. The van der Waals surface area contributed by atoms with Crippen LogP contribution in [0.4, 0.5) is 5.82 Å². The normalized spacial score (nSPS) is 16.2. The summed E-state index contributed by atoms with van der Waals surface area (Å²) in [4.78, 5) is 11.8. The molecule has 6 nitrogen and oxygen atoms in total. The summed E-state index contributed by atoms with van der Waals surface area (Å²) in [6.45, 7) is 8.56. The molecule has 0 fully saturated rings. The summed E-state index contributed by atoms with van der Waals surface area (Å²) < 4.78 is 11.3. The number of nitrogens with zero attached hydrogens (tertiary/aromatic N) is 2. The molecule has 0 unspecified atom stereocenters. The average molecular weight is 384 g/mol. The van der Waals surface area contributed by atoms with E-state index in [1.54, 1.807) is 23.1 Å². The highest BCUT2D eigenvalue weighted by Gasteiger charge is 2.31. The molecule has 2 N–H and O–H groups in total. The minimum Gasteiger partial charge on any atom is -0.394 e. The van der Waals surface area contributed by atoms with E-state index in [2.05, 4.69) is 26.1 Å². The molecule has 0 spiro atoms. The van der Waals surface area contributed by atoms with Crippen LogP contribution in [-0.4, -0.2) is 52.8 Å². The number of ether oxygens (including phenoxy) is 2. The maximum absolute atomic E-state index is 8.79. The zero-order chi connectivity index (χ0) is 17.9. The summed E-state index contributed by atoms with van der Waals surface area (Å²) in [7, 11) is 0. The zero-order valence-electron chi connectivity index (χ0n) is 14.9. The second kappa shape index (κ2) is 8.18. The van der Waals surface area contributed by atoms with Crippen LogP contribution in [-0.2, 0) is 22.5 Å². The van der Waals surface area contributed by atoms with E-state index >= 15 is 0 Å². The van der Waals surface area contributed by atoms with Crippen LogP contribution in [0.15, 0.2) is 5.16 Å². The third-order valence-corrected chi connectivity index (χ3v) is 5.79. The quantitative estimate of drug-likeness (QED) is 0.412. The third-order valence-electron chi connectivity index (χ3n) is 3.96. The maximum atomic E-state index is 8.79. The molecule has 0 saturated carbocycles. The van der Waals surface area contributed by atoms with Crippen LogP contribution >= 0.6 is 23.1 Å². The van der Waals surface area contributed by atoms with Gasteiger partial charge in [-0.1, -0.05) is 18.7 Å². The standard InChI is InChI=1S/C17H25N3O3S2/c1-4-24-16-19-14(18-5-7-22-8-6-21)13-11-9-17(2,3)23-10-12(11)25-15(13)20-16/h21H,4-10H2,1-3H3,(H,18,19,20). The van der Waals surface area contributed by atoms with Gasteiger partial charge in [-0.15, -0.1) is 11.3 Å². The lowest BCUT2D eigenvalue weighted by Crippen LogP contribution is -2.31. The molecular formula is C17H25N3O3S2. The van der Waals surface area contributed by atoms with E-state index < -0.39 is 0 Å². The van der Waals surface area contributed by atoms with Crippen LogP contribution < -0.4 is 5.32 Å². The highest BCUT2D eigenvalue weighted by atomic mass is 32.2. The molecule has 1 aliphatic heterocycles. The third kappa shape index (κ3) is 4.43. The van der Waals surface area contributed by atoms with Gasteiger partial charge < -0.3 is 19.9 Å². The van der Waals surface area contributed by atoms with Crippen molar-refractivity contribution >= 4 is 39.1 Å². The van der Waals surface area contributed by atoms with E-state index in [1.165, 1.54) is 10.4 Å². The molecule has 0 aromatic carbocycles. The van der Waals surface area contributed by atoms with Crippen molar-refractivity contribution in [1.82, 2.24) is 9.97 Å². The Hall–Kier alpha value is -0.930. The number of hydrogen-bond acceptors (Lipinski definition) is 8. The van der Waals surface area contributed by atoms with Gasteiger partial charge in [-0.2, -0.15) is 0 Å². The fourth-order valence-electron chi connectivity index (χ4n) is 2.86. The van der Waals surface area contributed by atoms with Crippen LogP contribution in [0, 0.1) is 0 Å². The Balaban J connectivity index is 1.92. The molecule has 138 valence electrons. The summed E-state index contributed by atoms with van der Waals surface area (Å²) in [5, 5.41) is 14.1. The first-order valence-electron chi connectivity index (χ1n) is 8.55. The Labute approximate surface area is 156 Å². The summed E-state index contributed by atoms with van der Waals surface area (Å²) in [5.41, 5.74) is 1.14. The van der Waals surface area contributed by atoms with Crippen molar-refractivity contribution in [2.75, 3.05) is 37.4 Å². The van der Waals surface area contributed by atoms with Gasteiger partial charge >= 0.3 is 0 Å². The van der Waals surface area contributed by atoms with Crippen LogP contribution in [0.2, 0.25) is 0 Å². The van der Waals surface area contributed by atoms with E-state index in [0.29, 0.717) is 26.4 Å². The van der Waals surface area contributed by atoms with Gasteiger partial charge in [0.2, 0.25) is 0 Å². The molecule has 1 aliphatic rings. The fourth-order valence-corrected chi connectivity index (χ4v) is 4.59. The molecule has 3 rings (SSSR count). The molecule has 2 aromatic rings. The second-order valence-corrected chi connectivity index (χ2v) is 8.77. The molecule has 3 heterocycles. The predicted octanol–water partition coefficient (Wildman–Crippen LogP) is 3.08. The topological polar surface area (TPSA) is 76.5 Å². The maximum Gasteiger partial charge on any atom is 0.190 e. The first kappa shape index (κ1) is 18.8. The van der Waals surface area contributed by atoms with Gasteiger partial charge in [0, 0.05) is 17.8 Å². The van der Waals surface area contributed by atoms with Crippen molar-refractivity contribution in [3.63, 3.8) is 0 Å². The van der Waals surface area contributed by atoms with Gasteiger partial charge in [-0.05, 0) is 25.2 Å². The van der Waals surface area contributed by atoms with Crippen LogP contribution in [0.5, 0.6) is 0 Å². The number of thiophene rings is 1. The number of aromatic nitrogens is 2. The lowest BCUT2D eigenvalue weighted by atomic mass is 9.94. The number of aliphatic hydroxyl groups is 1. The fraction of sp³-hybridized carbons (Fsp3) is 0.647. The molecule has 25 heavy (non-hydrogen) atoms. The Morgan fingerprint density at radius 3 is 2.96 bits per heavy atom. The molecule has 0 bridgehead atoms. The van der Waals surface area contributed by atoms with Crippen molar-refractivity contribution < 1.29 is 14.6 Å². The van der Waals surface area contributed by atoms with Gasteiger partial charge in [-0.25, -0.2) is 9.97 Å². The number of rotatable bonds is 8. The molecule has 0 aliphatic carbocycles. The van der Waals surface area contributed by atoms with Crippen molar-refractivity contribution in [3.05, 3.63) is 10.4 Å². The minimum atomic E-state index is -0.167. The summed E-state index contributed by atoms with van der Waals surface area (Å²) >= 11 is 3.35. The second-order valence-electron chi connectivity index (χ2n) is 6.46. The average Bonchev–Trinajstić information content (AvgIpc) is 2.91. The number of fused-ring (bicyclic) bond motifs is 3. The SMILES string of the molecule is CCSc1nc(NCCOCCO)c2c3c(sc2n1)COC(C)(C)C3. The number of nitrogens with one attached hydrogen (secondary N) is 1. The van der Waals surface area contributed by atoms with Crippen molar-refractivity contribution in [3.8, 4) is 0 Å². The van der Waals surface area contributed by atoms with Crippen molar-refractivity contribution in [1.29, 1.82) is 0 Å². The first-order valence-corrected chi connectivity index (χ1v) is 10.4. The number of thioether (sulfide) groups is 1. The van der Waals surface area contributed by atoms with Crippen molar-refractivity contribution in [2.24, 2.45) is 0 Å². The van der Waals surface area contributed by atoms with E-state index in [4.69, 9.17) is 24.5 Å². The van der Waals surface area contributed by atoms with Crippen LogP contribution in [0.3, 0.4) is 0 Å². The van der Waals surface area contributed by atoms with Gasteiger partial charge in [0.1, 0.15) is 10.6 Å². The Morgan fingerprint density at radius 2 is 2.20 bits per heavy atom. The van der Waals surface area contributed by atoms with Gasteiger partial charge in [-0.3, -0.25) is 0 Å². The van der Waals surface area contributed by atoms with Gasteiger partial charge in [0.25, 0.3) is 0 Å². The molecule has 0 radical (unpaired) electrons. The Bertz CT molecular complexity index is 733. The number of hydrogen-bond donors (Lipinski definition) is 2. The Kier molecular flexibility index (Phi) is 6.17. The summed E-state index contributed by atoms with van der Waals surface area (Å²) in [6.07, 6.45) is 0.863. The smallest absolute Gasteiger partial charge is 0.190 e. The van der Waals surface area contributed by atoms with Crippen LogP contribution in [0.1, 0.15) is 31.2 Å². The molecule has 0 saturated heterocycles. The van der Waals surface area contributed by atoms with E-state index in [0.717, 1.165) is 33.4 Å². The van der Waals surface area contributed by atoms with Gasteiger partial charge in [0.15, 0.2) is 5.16 Å². The van der Waals surface area contributed by atoms with E-state index in [-0.39, 0.29) is 12.2 Å². The van der Waals surface area contributed by atoms with Crippen molar-refractivity contribution in [2.45, 2.75) is 44.6 Å². The number of aliphatic hydroxyl groups excluding tert-OH is 1. The Morgan fingerprint density at radius 1 is 1.36 bits per heavy atom. The molecule has 8 heteroatoms. The van der Waals surface area contributed by atoms with Gasteiger partial charge in [0.05, 0.1) is 37.4 Å². The molecule has 2 aromatic heterocycles.